The SMILES string of the molecule is O=C(NCc1ccco1)c1nn2c(c1Br)N[C@@H](c1cccs1)C[C@@H]2C(F)(F)F. The highest BCUT2D eigenvalue weighted by atomic mass is 79.9. The van der Waals surface area contributed by atoms with Crippen LogP contribution in [0.4, 0.5) is 19.0 Å². The van der Waals surface area contributed by atoms with Crippen LogP contribution in [0, 0.1) is 0 Å². The van der Waals surface area contributed by atoms with Gasteiger partial charge in [-0.1, -0.05) is 6.07 Å². The lowest BCUT2D eigenvalue weighted by Crippen LogP contribution is -2.35. The smallest absolute Gasteiger partial charge is 0.410 e. The lowest BCUT2D eigenvalue weighted by molar-refractivity contribution is -0.173. The van der Waals surface area contributed by atoms with Gasteiger partial charge in [-0.25, -0.2) is 4.68 Å². The molecule has 0 aromatic carbocycles. The quantitative estimate of drug-likeness (QED) is 0.564. The number of nitrogens with zero attached hydrogens (tertiary/aromatic N) is 2. The topological polar surface area (TPSA) is 72.1 Å². The normalized spacial score (nSPS) is 19.1. The Hall–Kier alpha value is -2.27. The number of carbonyl (C=O) groups is 1. The van der Waals surface area contributed by atoms with Crippen molar-refractivity contribution in [1.82, 2.24) is 15.1 Å². The summed E-state index contributed by atoms with van der Waals surface area (Å²) in [6, 6.07) is 4.58. The highest BCUT2D eigenvalue weighted by molar-refractivity contribution is 9.10. The predicted octanol–water partition coefficient (Wildman–Crippen LogP) is 4.89. The Morgan fingerprint density at radius 1 is 1.43 bits per heavy atom. The van der Waals surface area contributed by atoms with E-state index < -0.39 is 24.2 Å². The zero-order valence-corrected chi connectivity index (χ0v) is 16.6. The van der Waals surface area contributed by atoms with Gasteiger partial charge in [0.15, 0.2) is 11.7 Å². The van der Waals surface area contributed by atoms with Crippen LogP contribution >= 0.6 is 27.3 Å². The number of rotatable bonds is 4. The summed E-state index contributed by atoms with van der Waals surface area (Å²) in [5, 5.41) is 11.5. The van der Waals surface area contributed by atoms with E-state index in [1.54, 1.807) is 24.3 Å². The molecule has 0 aliphatic carbocycles. The lowest BCUT2D eigenvalue weighted by Gasteiger charge is -2.33. The first-order valence-corrected chi connectivity index (χ1v) is 9.97. The van der Waals surface area contributed by atoms with Gasteiger partial charge in [-0.05, 0) is 39.5 Å². The number of nitrogens with one attached hydrogen (secondary N) is 2. The Morgan fingerprint density at radius 2 is 2.25 bits per heavy atom. The first-order valence-electron chi connectivity index (χ1n) is 8.30. The average Bonchev–Trinajstić information content (AvgIpc) is 3.40. The van der Waals surface area contributed by atoms with E-state index >= 15 is 0 Å². The number of hydrogen-bond donors (Lipinski definition) is 2. The molecule has 4 heterocycles. The number of alkyl halides is 3. The molecule has 6 nitrogen and oxygen atoms in total. The number of thiophene rings is 1. The highest BCUT2D eigenvalue weighted by Gasteiger charge is 2.47. The minimum Gasteiger partial charge on any atom is -0.467 e. The molecule has 3 aromatic heterocycles. The van der Waals surface area contributed by atoms with E-state index in [-0.39, 0.29) is 29.0 Å². The number of carbonyl (C=O) groups excluding carboxylic acids is 1. The van der Waals surface area contributed by atoms with Crippen LogP contribution in [0.2, 0.25) is 0 Å². The molecular formula is C17H14BrF3N4O2S. The molecule has 0 fully saturated rings. The summed E-state index contributed by atoms with van der Waals surface area (Å²) in [6.45, 7) is 0.106. The first-order chi connectivity index (χ1) is 13.3. The number of hydrogen-bond acceptors (Lipinski definition) is 5. The number of fused-ring (bicyclic) bond motifs is 1. The van der Waals surface area contributed by atoms with Crippen molar-refractivity contribution in [2.45, 2.75) is 31.2 Å². The van der Waals surface area contributed by atoms with E-state index in [9.17, 15) is 18.0 Å². The molecule has 2 N–H and O–H groups in total. The Balaban J connectivity index is 1.65. The van der Waals surface area contributed by atoms with Crippen LogP contribution in [0.15, 0.2) is 44.8 Å². The largest absolute Gasteiger partial charge is 0.467 e. The van der Waals surface area contributed by atoms with Gasteiger partial charge >= 0.3 is 6.18 Å². The number of anilines is 1. The third-order valence-corrected chi connectivity index (χ3v) is 6.14. The molecule has 148 valence electrons. The van der Waals surface area contributed by atoms with Gasteiger partial charge < -0.3 is 15.1 Å². The molecule has 0 unspecified atom stereocenters. The summed E-state index contributed by atoms with van der Waals surface area (Å²) in [5.74, 6) is 0.0631. The molecule has 0 saturated heterocycles. The van der Waals surface area contributed by atoms with Gasteiger partial charge in [0.1, 0.15) is 11.6 Å². The molecule has 0 bridgehead atoms. The molecule has 1 aliphatic rings. The van der Waals surface area contributed by atoms with Gasteiger partial charge in [0.25, 0.3) is 5.91 Å². The second-order valence-electron chi connectivity index (χ2n) is 6.22. The standard InChI is InChI=1S/C17H14BrF3N4O2S/c18-13-14(16(26)22-8-9-3-1-5-27-9)24-25-12(17(19,20)21)7-10(23-15(13)25)11-4-2-6-28-11/h1-6,10,12,23H,7-8H2,(H,22,26)/t10-,12-/m1/s1. The fourth-order valence-corrected chi connectivity index (χ4v) is 4.42. The van der Waals surface area contributed by atoms with Crippen molar-refractivity contribution in [3.8, 4) is 0 Å². The van der Waals surface area contributed by atoms with Gasteiger partial charge in [-0.2, -0.15) is 18.3 Å². The van der Waals surface area contributed by atoms with Crippen molar-refractivity contribution in [3.05, 3.63) is 56.7 Å². The summed E-state index contributed by atoms with van der Waals surface area (Å²) in [7, 11) is 0. The maximum atomic E-state index is 13.7. The minimum atomic E-state index is -4.50. The zero-order valence-electron chi connectivity index (χ0n) is 14.2. The van der Waals surface area contributed by atoms with E-state index in [4.69, 9.17) is 4.42 Å². The zero-order chi connectivity index (χ0) is 19.9. The van der Waals surface area contributed by atoms with Crippen LogP contribution in [-0.4, -0.2) is 21.9 Å². The summed E-state index contributed by atoms with van der Waals surface area (Å²) in [6.07, 6.45) is -3.24. The third kappa shape index (κ3) is 3.55. The molecule has 0 spiro atoms. The van der Waals surface area contributed by atoms with Crippen molar-refractivity contribution in [1.29, 1.82) is 0 Å². The first kappa shape index (κ1) is 19.1. The van der Waals surface area contributed by atoms with E-state index in [0.717, 1.165) is 9.56 Å². The maximum Gasteiger partial charge on any atom is 0.410 e. The van der Waals surface area contributed by atoms with Crippen LogP contribution in [0.25, 0.3) is 0 Å². The molecule has 4 rings (SSSR count). The van der Waals surface area contributed by atoms with Crippen LogP contribution in [0.5, 0.6) is 0 Å². The van der Waals surface area contributed by atoms with Crippen molar-refractivity contribution >= 4 is 39.0 Å². The van der Waals surface area contributed by atoms with Crippen LogP contribution < -0.4 is 10.6 Å². The summed E-state index contributed by atoms with van der Waals surface area (Å²) < 4.78 is 47.3. The average molecular weight is 475 g/mol. The molecule has 1 amide bonds. The number of amides is 1. The summed E-state index contributed by atoms with van der Waals surface area (Å²) >= 11 is 4.63. The molecule has 1 aliphatic heterocycles. The maximum absolute atomic E-state index is 13.7. The second kappa shape index (κ2) is 7.28. The predicted molar refractivity (Wildman–Crippen MR) is 100 cm³/mol. The third-order valence-electron chi connectivity index (χ3n) is 4.40. The molecule has 3 aromatic rings. The van der Waals surface area contributed by atoms with E-state index in [1.165, 1.54) is 17.6 Å². The highest BCUT2D eigenvalue weighted by Crippen LogP contribution is 2.46. The number of furan rings is 1. The molecular weight excluding hydrogens is 461 g/mol. The Morgan fingerprint density at radius 3 is 2.89 bits per heavy atom. The second-order valence-corrected chi connectivity index (χ2v) is 8.00. The van der Waals surface area contributed by atoms with Gasteiger partial charge in [0.2, 0.25) is 0 Å². The molecule has 0 radical (unpaired) electrons. The fourth-order valence-electron chi connectivity index (χ4n) is 3.07. The number of aromatic nitrogens is 2. The van der Waals surface area contributed by atoms with E-state index in [2.05, 4.69) is 31.7 Å². The molecule has 11 heteroatoms. The Kier molecular flexibility index (Phi) is 4.96. The molecule has 28 heavy (non-hydrogen) atoms. The van der Waals surface area contributed by atoms with Gasteiger partial charge in [-0.15, -0.1) is 11.3 Å². The lowest BCUT2D eigenvalue weighted by atomic mass is 10.0. The molecule has 2 atom stereocenters. The van der Waals surface area contributed by atoms with Gasteiger partial charge in [-0.3, -0.25) is 4.79 Å². The monoisotopic (exact) mass is 474 g/mol. The van der Waals surface area contributed by atoms with Crippen molar-refractivity contribution in [2.24, 2.45) is 0 Å². The van der Waals surface area contributed by atoms with Crippen LogP contribution in [0.3, 0.4) is 0 Å². The van der Waals surface area contributed by atoms with Gasteiger partial charge in [0, 0.05) is 11.3 Å². The van der Waals surface area contributed by atoms with Crippen molar-refractivity contribution < 1.29 is 22.4 Å². The minimum absolute atomic E-state index is 0.106. The Bertz CT molecular complexity index is 970. The molecule has 0 saturated carbocycles. The summed E-state index contributed by atoms with van der Waals surface area (Å²) in [4.78, 5) is 13.3. The van der Waals surface area contributed by atoms with Crippen molar-refractivity contribution in [2.75, 3.05) is 5.32 Å². The van der Waals surface area contributed by atoms with Crippen LogP contribution in [-0.2, 0) is 6.54 Å². The van der Waals surface area contributed by atoms with Gasteiger partial charge in [0.05, 0.1) is 23.3 Å². The van der Waals surface area contributed by atoms with E-state index in [1.807, 2.05) is 5.38 Å². The van der Waals surface area contributed by atoms with E-state index in [0.29, 0.717) is 5.76 Å². The van der Waals surface area contributed by atoms with Crippen LogP contribution in [0.1, 0.15) is 39.6 Å². The fraction of sp³-hybridized carbons (Fsp3) is 0.294. The Labute approximate surface area is 169 Å². The number of halogens is 4. The van der Waals surface area contributed by atoms with Crippen molar-refractivity contribution in [3.63, 3.8) is 0 Å². The summed E-state index contributed by atoms with van der Waals surface area (Å²) in [5.41, 5.74) is -0.116.